The molecule has 19 heavy (non-hydrogen) atoms. The molecule has 0 aromatic carbocycles. The van der Waals surface area contributed by atoms with Gasteiger partial charge in [-0.05, 0) is 6.42 Å². The van der Waals surface area contributed by atoms with Gasteiger partial charge >= 0.3 is 18.3 Å². The number of aliphatic carboxylic acids is 1. The molecule has 0 radical (unpaired) electrons. The number of carboxylic acid groups (broad SMARTS) is 1. The summed E-state index contributed by atoms with van der Waals surface area (Å²) in [7, 11) is 0. The monoisotopic (exact) mass is 286 g/mol. The van der Waals surface area contributed by atoms with Gasteiger partial charge in [0.15, 0.2) is 0 Å². The molecular formula is C11H18F4N2O2. The molecule has 0 bridgehead atoms. The van der Waals surface area contributed by atoms with E-state index >= 15 is 0 Å². The zero-order valence-corrected chi connectivity index (χ0v) is 10.7. The molecule has 0 aromatic heterocycles. The molecular weight excluding hydrogens is 268 g/mol. The average molecular weight is 286 g/mol. The first-order chi connectivity index (χ1) is 8.77. The van der Waals surface area contributed by atoms with Crippen LogP contribution in [-0.2, 0) is 4.79 Å². The van der Waals surface area contributed by atoms with Crippen molar-refractivity contribution in [1.29, 1.82) is 0 Å². The van der Waals surface area contributed by atoms with Crippen molar-refractivity contribution in [3.05, 3.63) is 0 Å². The molecule has 0 amide bonds. The van der Waals surface area contributed by atoms with Crippen LogP contribution in [0.5, 0.6) is 0 Å². The smallest absolute Gasteiger partial charge is 0.320 e. The Hall–Kier alpha value is -0.890. The van der Waals surface area contributed by atoms with Gasteiger partial charge in [-0.2, -0.15) is 8.78 Å². The van der Waals surface area contributed by atoms with Crippen LogP contribution in [0.25, 0.3) is 0 Å². The summed E-state index contributed by atoms with van der Waals surface area (Å²) in [5.41, 5.74) is 0. The Morgan fingerprint density at radius 1 is 1.26 bits per heavy atom. The Morgan fingerprint density at radius 2 is 1.79 bits per heavy atom. The molecule has 1 fully saturated rings. The number of hydrogen-bond donors (Lipinski definition) is 1. The SMILES string of the molecule is CCC(C(=O)O)N1CCN(CC(F)(F)C(F)F)CC1. The third-order valence-electron chi connectivity index (χ3n) is 3.27. The molecule has 1 unspecified atom stereocenters. The average Bonchev–Trinajstić information content (AvgIpc) is 2.31. The zero-order chi connectivity index (χ0) is 14.6. The number of nitrogens with zero attached hydrogens (tertiary/aromatic N) is 2. The van der Waals surface area contributed by atoms with Gasteiger partial charge in [-0.1, -0.05) is 6.92 Å². The lowest BCUT2D eigenvalue weighted by atomic mass is 10.1. The zero-order valence-electron chi connectivity index (χ0n) is 10.7. The van der Waals surface area contributed by atoms with E-state index in [-0.39, 0.29) is 13.1 Å². The van der Waals surface area contributed by atoms with Crippen LogP contribution in [0.15, 0.2) is 0 Å². The van der Waals surface area contributed by atoms with Crippen molar-refractivity contribution in [3.8, 4) is 0 Å². The van der Waals surface area contributed by atoms with Crippen LogP contribution in [0.3, 0.4) is 0 Å². The Bertz CT molecular complexity index is 307. The van der Waals surface area contributed by atoms with Crippen molar-refractivity contribution in [2.45, 2.75) is 31.7 Å². The van der Waals surface area contributed by atoms with E-state index in [1.54, 1.807) is 11.8 Å². The molecule has 112 valence electrons. The normalized spacial score (nSPS) is 20.7. The predicted molar refractivity (Wildman–Crippen MR) is 60.7 cm³/mol. The summed E-state index contributed by atoms with van der Waals surface area (Å²) >= 11 is 0. The molecule has 1 atom stereocenters. The molecule has 1 heterocycles. The highest BCUT2D eigenvalue weighted by atomic mass is 19.3. The van der Waals surface area contributed by atoms with Crippen LogP contribution in [0.1, 0.15) is 13.3 Å². The highest BCUT2D eigenvalue weighted by molar-refractivity contribution is 5.73. The van der Waals surface area contributed by atoms with Crippen LogP contribution in [0.4, 0.5) is 17.6 Å². The highest BCUT2D eigenvalue weighted by Gasteiger charge is 2.43. The number of halogens is 4. The number of carboxylic acids is 1. The van der Waals surface area contributed by atoms with Gasteiger partial charge in [0.25, 0.3) is 0 Å². The molecule has 4 nitrogen and oxygen atoms in total. The molecule has 0 saturated carbocycles. The lowest BCUT2D eigenvalue weighted by molar-refractivity contribution is -0.150. The molecule has 1 saturated heterocycles. The number of carbonyl (C=O) groups is 1. The minimum Gasteiger partial charge on any atom is -0.480 e. The van der Waals surface area contributed by atoms with Crippen molar-refractivity contribution in [3.63, 3.8) is 0 Å². The van der Waals surface area contributed by atoms with E-state index < -0.39 is 30.9 Å². The first-order valence-electron chi connectivity index (χ1n) is 6.13. The van der Waals surface area contributed by atoms with Crippen LogP contribution in [0, 0.1) is 0 Å². The maximum atomic E-state index is 12.9. The third-order valence-corrected chi connectivity index (χ3v) is 3.27. The summed E-state index contributed by atoms with van der Waals surface area (Å²) in [5.74, 6) is -4.96. The van der Waals surface area contributed by atoms with E-state index in [4.69, 9.17) is 5.11 Å². The maximum absolute atomic E-state index is 12.9. The fraction of sp³-hybridized carbons (Fsp3) is 0.909. The molecule has 0 aromatic rings. The first-order valence-corrected chi connectivity index (χ1v) is 6.13. The Balaban J connectivity index is 2.47. The van der Waals surface area contributed by atoms with E-state index in [0.29, 0.717) is 19.5 Å². The van der Waals surface area contributed by atoms with E-state index in [2.05, 4.69) is 0 Å². The van der Waals surface area contributed by atoms with Gasteiger partial charge in [0, 0.05) is 26.2 Å². The Kier molecular flexibility index (Phi) is 5.54. The van der Waals surface area contributed by atoms with Gasteiger partial charge in [0.2, 0.25) is 0 Å². The van der Waals surface area contributed by atoms with Gasteiger partial charge in [0.1, 0.15) is 6.04 Å². The van der Waals surface area contributed by atoms with Crippen molar-refractivity contribution < 1.29 is 27.5 Å². The van der Waals surface area contributed by atoms with E-state index in [9.17, 15) is 22.4 Å². The van der Waals surface area contributed by atoms with Gasteiger partial charge < -0.3 is 5.11 Å². The van der Waals surface area contributed by atoms with Gasteiger partial charge in [0.05, 0.1) is 6.54 Å². The minimum atomic E-state index is -4.01. The summed E-state index contributed by atoms with van der Waals surface area (Å²) < 4.78 is 49.9. The van der Waals surface area contributed by atoms with Crippen LogP contribution in [-0.4, -0.2) is 72.0 Å². The summed E-state index contributed by atoms with van der Waals surface area (Å²) in [4.78, 5) is 13.9. The largest absolute Gasteiger partial charge is 0.480 e. The van der Waals surface area contributed by atoms with Crippen LogP contribution >= 0.6 is 0 Å². The minimum absolute atomic E-state index is 0.173. The van der Waals surface area contributed by atoms with Crippen molar-refractivity contribution in [2.24, 2.45) is 0 Å². The molecule has 1 aliphatic rings. The molecule has 1 N–H and O–H groups in total. The summed E-state index contributed by atoms with van der Waals surface area (Å²) in [6, 6.07) is -0.641. The van der Waals surface area contributed by atoms with Crippen molar-refractivity contribution >= 4 is 5.97 Å². The van der Waals surface area contributed by atoms with Crippen LogP contribution in [0.2, 0.25) is 0 Å². The fourth-order valence-electron chi connectivity index (χ4n) is 2.19. The van der Waals surface area contributed by atoms with E-state index in [1.807, 2.05) is 0 Å². The van der Waals surface area contributed by atoms with Gasteiger partial charge in [-0.3, -0.25) is 14.6 Å². The number of rotatable bonds is 6. The second kappa shape index (κ2) is 6.51. The second-order valence-corrected chi connectivity index (χ2v) is 4.64. The number of hydrogen-bond acceptors (Lipinski definition) is 3. The number of piperazine rings is 1. The second-order valence-electron chi connectivity index (χ2n) is 4.64. The lowest BCUT2D eigenvalue weighted by Gasteiger charge is -2.38. The Morgan fingerprint density at radius 3 is 2.16 bits per heavy atom. The molecule has 1 rings (SSSR count). The third kappa shape index (κ3) is 4.31. The van der Waals surface area contributed by atoms with E-state index in [1.165, 1.54) is 4.90 Å². The quantitative estimate of drug-likeness (QED) is 0.749. The molecule has 8 heteroatoms. The fourth-order valence-corrected chi connectivity index (χ4v) is 2.19. The number of alkyl halides is 4. The van der Waals surface area contributed by atoms with Gasteiger partial charge in [-0.15, -0.1) is 0 Å². The van der Waals surface area contributed by atoms with Crippen molar-refractivity contribution in [1.82, 2.24) is 9.80 Å². The Labute approximate surface area is 109 Å². The molecule has 0 spiro atoms. The molecule has 1 aliphatic heterocycles. The van der Waals surface area contributed by atoms with E-state index in [0.717, 1.165) is 0 Å². The highest BCUT2D eigenvalue weighted by Crippen LogP contribution is 2.24. The first kappa shape index (κ1) is 16.2. The summed E-state index contributed by atoms with van der Waals surface area (Å²) in [5, 5.41) is 8.98. The van der Waals surface area contributed by atoms with Gasteiger partial charge in [-0.25, -0.2) is 8.78 Å². The topological polar surface area (TPSA) is 43.8 Å². The lowest BCUT2D eigenvalue weighted by Crippen LogP contribution is -2.55. The maximum Gasteiger partial charge on any atom is 0.320 e. The van der Waals surface area contributed by atoms with Crippen LogP contribution < -0.4 is 0 Å². The van der Waals surface area contributed by atoms with Crippen molar-refractivity contribution in [2.75, 3.05) is 32.7 Å². The summed E-state index contributed by atoms with van der Waals surface area (Å²) in [6.45, 7) is 1.69. The standard InChI is InChI=1S/C11H18F4N2O2/c1-2-8(9(18)19)17-5-3-16(4-6-17)7-11(14,15)10(12)13/h8,10H,2-7H2,1H3,(H,18,19). The predicted octanol–water partition coefficient (Wildman–Crippen LogP) is 1.37. The summed E-state index contributed by atoms with van der Waals surface area (Å²) in [6.07, 6.45) is -3.25. The molecule has 0 aliphatic carbocycles.